The van der Waals surface area contributed by atoms with Gasteiger partial charge in [-0.2, -0.15) is 0 Å². The van der Waals surface area contributed by atoms with Gasteiger partial charge in [0, 0.05) is 59.1 Å². The van der Waals surface area contributed by atoms with Gasteiger partial charge in [0.15, 0.2) is 0 Å². The fourth-order valence-electron chi connectivity index (χ4n) is 0.518. The predicted octanol–water partition coefficient (Wildman–Crippen LogP) is -1.67. The maximum Gasteiger partial charge on any atom is 0.317 e. The zero-order chi connectivity index (χ0) is 8.15. The van der Waals surface area contributed by atoms with Crippen molar-refractivity contribution >= 4 is 71.1 Å². The first kappa shape index (κ1) is 18.6. The minimum Gasteiger partial charge on any atom is -0.480 e. The van der Waals surface area contributed by atoms with E-state index < -0.39 is 11.9 Å². The second-order valence-electron chi connectivity index (χ2n) is 1.96. The van der Waals surface area contributed by atoms with Crippen molar-refractivity contribution < 1.29 is 19.8 Å². The molecule has 0 aromatic carbocycles. The van der Waals surface area contributed by atoms with E-state index in [1.54, 1.807) is 0 Å². The van der Waals surface area contributed by atoms with Crippen molar-refractivity contribution in [3.8, 4) is 0 Å². The Labute approximate surface area is 115 Å². The van der Waals surface area contributed by atoms with Gasteiger partial charge in [-0.3, -0.25) is 14.5 Å². The Morgan fingerprint density at radius 1 is 1.08 bits per heavy atom. The maximum absolute atomic E-state index is 9.96. The zero-order valence-corrected chi connectivity index (χ0v) is 11.6. The molecule has 0 saturated carbocycles. The molecule has 0 aromatic heterocycles. The summed E-state index contributed by atoms with van der Waals surface area (Å²) in [7, 11) is 1.43. The molecule has 0 atom stereocenters. The van der Waals surface area contributed by atoms with Crippen LogP contribution in [-0.2, 0) is 9.59 Å². The number of nitrogens with zero attached hydrogens (tertiary/aromatic N) is 1. The van der Waals surface area contributed by atoms with Crippen molar-refractivity contribution in [2.24, 2.45) is 0 Å². The molecule has 0 aliphatic carbocycles. The van der Waals surface area contributed by atoms with E-state index in [4.69, 9.17) is 10.2 Å². The van der Waals surface area contributed by atoms with Crippen LogP contribution in [-0.4, -0.2) is 106 Å². The van der Waals surface area contributed by atoms with E-state index in [-0.39, 0.29) is 72.2 Å². The molecule has 0 aliphatic rings. The van der Waals surface area contributed by atoms with Crippen LogP contribution in [0, 0.1) is 0 Å². The minimum absolute atomic E-state index is 0. The zero-order valence-electron chi connectivity index (χ0n) is 7.57. The molecule has 0 rings (SSSR count). The molecule has 0 amide bonds. The Morgan fingerprint density at radius 3 is 1.50 bits per heavy atom. The van der Waals surface area contributed by atoms with E-state index in [1.165, 1.54) is 11.9 Å². The van der Waals surface area contributed by atoms with E-state index in [1.807, 2.05) is 0 Å². The Morgan fingerprint density at radius 2 is 1.33 bits per heavy atom. The Bertz CT molecular complexity index is 136. The van der Waals surface area contributed by atoms with Crippen LogP contribution in [0.4, 0.5) is 0 Å². The first-order valence-electron chi connectivity index (χ1n) is 2.64. The largest absolute Gasteiger partial charge is 0.480 e. The third-order valence-corrected chi connectivity index (χ3v) is 0.810. The maximum atomic E-state index is 9.96. The topological polar surface area (TPSA) is 77.8 Å². The molecular weight excluding hydrogens is 184 g/mol. The molecule has 0 unspecified atom stereocenters. The average molecular weight is 193 g/mol. The van der Waals surface area contributed by atoms with Gasteiger partial charge >= 0.3 is 11.9 Å². The molecule has 2 radical (unpaired) electrons. The SMILES string of the molecule is CN(CC(=O)O)CC(=O)O.[Na].[Na]. The fourth-order valence-corrected chi connectivity index (χ4v) is 0.518. The quantitative estimate of drug-likeness (QED) is 0.522. The molecule has 7 heteroatoms. The van der Waals surface area contributed by atoms with Crippen LogP contribution in [0.2, 0.25) is 0 Å². The van der Waals surface area contributed by atoms with Gasteiger partial charge in [-0.25, -0.2) is 0 Å². The number of carbonyl (C=O) groups is 2. The van der Waals surface area contributed by atoms with Crippen molar-refractivity contribution in [3.05, 3.63) is 0 Å². The summed E-state index contributed by atoms with van der Waals surface area (Å²) in [4.78, 5) is 21.1. The Kier molecular flexibility index (Phi) is 15.5. The van der Waals surface area contributed by atoms with Gasteiger partial charge in [-0.1, -0.05) is 0 Å². The number of hydrogen-bond acceptors (Lipinski definition) is 3. The van der Waals surface area contributed by atoms with E-state index >= 15 is 0 Å². The predicted molar refractivity (Wildman–Crippen MR) is 44.3 cm³/mol. The van der Waals surface area contributed by atoms with Gasteiger partial charge in [-0.05, 0) is 7.05 Å². The van der Waals surface area contributed by atoms with Crippen molar-refractivity contribution in [1.29, 1.82) is 0 Å². The van der Waals surface area contributed by atoms with Crippen LogP contribution in [0.1, 0.15) is 0 Å². The number of aliphatic carboxylic acids is 2. The normalized spacial score (nSPS) is 8.17. The summed E-state index contributed by atoms with van der Waals surface area (Å²) in [6.45, 7) is -0.488. The van der Waals surface area contributed by atoms with Crippen molar-refractivity contribution in [3.63, 3.8) is 0 Å². The van der Waals surface area contributed by atoms with Gasteiger partial charge < -0.3 is 10.2 Å². The Balaban J connectivity index is -0.000000405. The third kappa shape index (κ3) is 13.5. The minimum atomic E-state index is -1.02. The summed E-state index contributed by atoms with van der Waals surface area (Å²) in [6.07, 6.45) is 0. The van der Waals surface area contributed by atoms with Crippen molar-refractivity contribution in [2.75, 3.05) is 20.1 Å². The van der Waals surface area contributed by atoms with Crippen molar-refractivity contribution in [1.82, 2.24) is 4.90 Å². The van der Waals surface area contributed by atoms with E-state index in [2.05, 4.69) is 0 Å². The monoisotopic (exact) mass is 193 g/mol. The molecule has 2 N–H and O–H groups in total. The fraction of sp³-hybridized carbons (Fsp3) is 0.600. The summed E-state index contributed by atoms with van der Waals surface area (Å²) in [5.74, 6) is -2.05. The first-order chi connectivity index (χ1) is 4.52. The van der Waals surface area contributed by atoms with Crippen LogP contribution >= 0.6 is 0 Å². The van der Waals surface area contributed by atoms with Gasteiger partial charge in [0.1, 0.15) is 0 Å². The van der Waals surface area contributed by atoms with E-state index in [9.17, 15) is 9.59 Å². The first-order valence-corrected chi connectivity index (χ1v) is 2.64. The van der Waals surface area contributed by atoms with Crippen LogP contribution in [0.25, 0.3) is 0 Å². The Hall–Kier alpha value is 0.900. The van der Waals surface area contributed by atoms with Gasteiger partial charge in [0.05, 0.1) is 13.1 Å². The van der Waals surface area contributed by atoms with Crippen LogP contribution in [0.5, 0.6) is 0 Å². The molecule has 0 aromatic rings. The van der Waals surface area contributed by atoms with E-state index in [0.717, 1.165) is 0 Å². The van der Waals surface area contributed by atoms with Gasteiger partial charge in [0.2, 0.25) is 0 Å². The van der Waals surface area contributed by atoms with Gasteiger partial charge in [-0.15, -0.1) is 0 Å². The summed E-state index contributed by atoms with van der Waals surface area (Å²) < 4.78 is 0. The molecule has 60 valence electrons. The molecular formula is C5H9NNa2O4. The van der Waals surface area contributed by atoms with E-state index in [0.29, 0.717) is 0 Å². The average Bonchev–Trinajstić information content (AvgIpc) is 1.58. The molecule has 0 spiro atoms. The molecule has 0 bridgehead atoms. The summed E-state index contributed by atoms with van der Waals surface area (Å²) in [5, 5.41) is 16.3. The third-order valence-electron chi connectivity index (χ3n) is 0.810. The molecule has 12 heavy (non-hydrogen) atoms. The number of rotatable bonds is 4. The van der Waals surface area contributed by atoms with Crippen LogP contribution in [0.15, 0.2) is 0 Å². The molecule has 0 heterocycles. The number of hydrogen-bond donors (Lipinski definition) is 2. The standard InChI is InChI=1S/C5H9NO4.2Na/c1-6(2-4(7)8)3-5(9)10;;/h2-3H2,1H3,(H,7,8)(H,9,10);;. The number of likely N-dealkylation sites (N-methyl/N-ethyl adjacent to an activating group) is 1. The molecule has 0 saturated heterocycles. The summed E-state index contributed by atoms with van der Waals surface area (Å²) >= 11 is 0. The molecule has 5 nitrogen and oxygen atoms in total. The van der Waals surface area contributed by atoms with Crippen LogP contribution in [0.3, 0.4) is 0 Å². The number of carboxylic acids is 2. The second-order valence-corrected chi connectivity index (χ2v) is 1.96. The smallest absolute Gasteiger partial charge is 0.317 e. The van der Waals surface area contributed by atoms with Gasteiger partial charge in [0.25, 0.3) is 0 Å². The van der Waals surface area contributed by atoms with Crippen LogP contribution < -0.4 is 0 Å². The summed E-state index contributed by atoms with van der Waals surface area (Å²) in [6, 6.07) is 0. The van der Waals surface area contributed by atoms with Crippen molar-refractivity contribution in [2.45, 2.75) is 0 Å². The molecule has 0 fully saturated rings. The summed E-state index contributed by atoms with van der Waals surface area (Å²) in [5.41, 5.74) is 0. The molecule has 0 aliphatic heterocycles. The second kappa shape index (κ2) is 9.98. The number of carboxylic acid groups (broad SMARTS) is 2.